The number of rotatable bonds is 10. The molecule has 0 spiro atoms. The molecular formula is C18H19Br4O3P. The number of benzene rings is 2. The summed E-state index contributed by atoms with van der Waals surface area (Å²) in [4.78, 5) is 0. The summed E-state index contributed by atoms with van der Waals surface area (Å²) in [5.41, 5.74) is 2.43. The monoisotopic (exact) mass is 630 g/mol. The fourth-order valence-corrected chi connectivity index (χ4v) is 4.35. The topological polar surface area (TPSA) is 35.5 Å². The van der Waals surface area contributed by atoms with Crippen molar-refractivity contribution in [2.24, 2.45) is 0 Å². The predicted molar refractivity (Wildman–Crippen MR) is 121 cm³/mol. The average Bonchev–Trinajstić information content (AvgIpc) is 2.61. The van der Waals surface area contributed by atoms with Gasteiger partial charge >= 0.3 is 8.25 Å². The summed E-state index contributed by atoms with van der Waals surface area (Å²) in [6, 6.07) is 12.3. The third-order valence-electron chi connectivity index (χ3n) is 3.63. The second-order valence-electron chi connectivity index (χ2n) is 5.65. The second-order valence-corrected chi connectivity index (χ2v) is 10.1. The Morgan fingerprint density at radius 2 is 1.12 bits per heavy atom. The van der Waals surface area contributed by atoms with Crippen molar-refractivity contribution in [3.8, 4) is 0 Å². The van der Waals surface area contributed by atoms with Crippen molar-refractivity contribution in [3.05, 3.63) is 65.4 Å². The molecule has 0 fully saturated rings. The van der Waals surface area contributed by atoms with Crippen LogP contribution < -0.4 is 0 Å². The maximum atomic E-state index is 11.8. The van der Waals surface area contributed by atoms with Crippen LogP contribution in [-0.2, 0) is 26.5 Å². The van der Waals surface area contributed by atoms with Crippen LogP contribution in [0.5, 0.6) is 0 Å². The zero-order valence-corrected chi connectivity index (χ0v) is 21.3. The molecule has 0 saturated heterocycles. The molecule has 0 unspecified atom stereocenters. The van der Waals surface area contributed by atoms with E-state index in [1.165, 1.54) is 11.1 Å². The first-order valence-corrected chi connectivity index (χ1v) is 12.5. The zero-order chi connectivity index (χ0) is 18.9. The van der Waals surface area contributed by atoms with Crippen LogP contribution >= 0.6 is 72.0 Å². The maximum absolute atomic E-state index is 11.8. The molecule has 26 heavy (non-hydrogen) atoms. The highest BCUT2D eigenvalue weighted by atomic mass is 79.9. The lowest BCUT2D eigenvalue weighted by atomic mass is 10.1. The molecule has 0 heterocycles. The molecule has 2 aromatic rings. The number of hydrogen-bond donors (Lipinski definition) is 0. The van der Waals surface area contributed by atoms with Crippen LogP contribution in [0, 0.1) is 0 Å². The van der Waals surface area contributed by atoms with Crippen LogP contribution in [-0.4, -0.2) is 13.2 Å². The van der Waals surface area contributed by atoms with Crippen molar-refractivity contribution in [2.75, 3.05) is 13.2 Å². The molecule has 0 amide bonds. The second kappa shape index (κ2) is 12.2. The molecule has 0 aromatic heterocycles. The predicted octanol–water partition coefficient (Wildman–Crippen LogP) is 7.72. The molecule has 0 N–H and O–H groups in total. The van der Waals surface area contributed by atoms with Gasteiger partial charge in [0.1, 0.15) is 0 Å². The van der Waals surface area contributed by atoms with E-state index in [2.05, 4.69) is 88.0 Å². The molecule has 0 saturated carbocycles. The minimum atomic E-state index is -2.41. The van der Waals surface area contributed by atoms with Gasteiger partial charge in [-0.2, -0.15) is 0 Å². The van der Waals surface area contributed by atoms with E-state index in [0.717, 1.165) is 43.6 Å². The lowest BCUT2D eigenvalue weighted by Crippen LogP contribution is -1.95. The fraction of sp³-hybridized carbons (Fsp3) is 0.333. The van der Waals surface area contributed by atoms with Gasteiger partial charge in [-0.05, 0) is 125 Å². The Hall–Kier alpha value is 0.510. The molecule has 2 rings (SSSR count). The third-order valence-corrected chi connectivity index (χ3v) is 8.27. The molecule has 8 heteroatoms. The van der Waals surface area contributed by atoms with Gasteiger partial charge in [-0.15, -0.1) is 0 Å². The highest BCUT2D eigenvalue weighted by molar-refractivity contribution is 9.13. The van der Waals surface area contributed by atoms with Gasteiger partial charge in [0.15, 0.2) is 0 Å². The molecular weight excluding hydrogens is 615 g/mol. The molecule has 0 aliphatic rings. The zero-order valence-electron chi connectivity index (χ0n) is 13.9. The van der Waals surface area contributed by atoms with Gasteiger partial charge in [-0.1, -0.05) is 12.1 Å². The quantitative estimate of drug-likeness (QED) is 0.199. The van der Waals surface area contributed by atoms with Gasteiger partial charge in [-0.3, -0.25) is 4.57 Å². The Labute approximate surface area is 188 Å². The highest BCUT2D eigenvalue weighted by Gasteiger charge is 2.03. The first-order chi connectivity index (χ1) is 12.5. The molecule has 2 aromatic carbocycles. The smallest absolute Gasteiger partial charge is 0.311 e. The van der Waals surface area contributed by atoms with Crippen molar-refractivity contribution in [2.45, 2.75) is 25.7 Å². The van der Waals surface area contributed by atoms with Crippen LogP contribution in [0.4, 0.5) is 0 Å². The Morgan fingerprint density at radius 3 is 1.50 bits per heavy atom. The summed E-state index contributed by atoms with van der Waals surface area (Å²) in [5.74, 6) is 0. The minimum Gasteiger partial charge on any atom is -0.311 e. The lowest BCUT2D eigenvalue weighted by Gasteiger charge is -2.07. The highest BCUT2D eigenvalue weighted by Crippen LogP contribution is 2.27. The van der Waals surface area contributed by atoms with Crippen molar-refractivity contribution in [1.29, 1.82) is 0 Å². The standard InChI is InChI=1S/C18H19Br4O3P/c19-15-7-5-13(11-17(15)21)3-1-9-24-26(23)25-10-2-4-14-6-8-16(20)18(22)12-14/h5-8,11-12,26H,1-4,9-10H2. The first-order valence-electron chi connectivity index (χ1n) is 8.13. The van der Waals surface area contributed by atoms with Gasteiger partial charge < -0.3 is 9.05 Å². The summed E-state index contributed by atoms with van der Waals surface area (Å²) in [6.07, 6.45) is 3.36. The van der Waals surface area contributed by atoms with Crippen LogP contribution in [0.3, 0.4) is 0 Å². The molecule has 0 radical (unpaired) electrons. The molecule has 0 bridgehead atoms. The minimum absolute atomic E-state index is 0.436. The Balaban J connectivity index is 1.57. The summed E-state index contributed by atoms with van der Waals surface area (Å²) in [7, 11) is -2.41. The third kappa shape index (κ3) is 8.26. The van der Waals surface area contributed by atoms with E-state index in [4.69, 9.17) is 9.05 Å². The van der Waals surface area contributed by atoms with Gasteiger partial charge in [-0.25, -0.2) is 0 Å². The van der Waals surface area contributed by atoms with Crippen molar-refractivity contribution in [3.63, 3.8) is 0 Å². The Bertz CT molecular complexity index is 694. The van der Waals surface area contributed by atoms with Gasteiger partial charge in [0.25, 0.3) is 0 Å². The van der Waals surface area contributed by atoms with E-state index in [0.29, 0.717) is 13.2 Å². The van der Waals surface area contributed by atoms with Crippen LogP contribution in [0.25, 0.3) is 0 Å². The van der Waals surface area contributed by atoms with Crippen LogP contribution in [0.1, 0.15) is 24.0 Å². The largest absolute Gasteiger partial charge is 0.319 e. The van der Waals surface area contributed by atoms with Crippen molar-refractivity contribution >= 4 is 72.0 Å². The molecule has 142 valence electrons. The fourth-order valence-electron chi connectivity index (χ4n) is 2.30. The van der Waals surface area contributed by atoms with E-state index in [-0.39, 0.29) is 0 Å². The average molecular weight is 634 g/mol. The summed E-state index contributed by atoms with van der Waals surface area (Å²) in [6.45, 7) is 0.871. The Kier molecular flexibility index (Phi) is 10.7. The van der Waals surface area contributed by atoms with Crippen molar-refractivity contribution < 1.29 is 13.6 Å². The number of halogens is 4. The lowest BCUT2D eigenvalue weighted by molar-refractivity contribution is 0.222. The van der Waals surface area contributed by atoms with Gasteiger partial charge in [0.2, 0.25) is 0 Å². The van der Waals surface area contributed by atoms with E-state index in [1.54, 1.807) is 0 Å². The number of aryl methyl sites for hydroxylation is 2. The molecule has 3 nitrogen and oxygen atoms in total. The van der Waals surface area contributed by atoms with E-state index in [9.17, 15) is 4.57 Å². The summed E-state index contributed by atoms with van der Waals surface area (Å²) in [5, 5.41) is 0. The molecule has 0 aliphatic carbocycles. The van der Waals surface area contributed by atoms with Crippen molar-refractivity contribution in [1.82, 2.24) is 0 Å². The Morgan fingerprint density at radius 1 is 0.692 bits per heavy atom. The first kappa shape index (κ1) is 22.8. The normalized spacial score (nSPS) is 11.3. The van der Waals surface area contributed by atoms with E-state index in [1.807, 2.05) is 12.1 Å². The van der Waals surface area contributed by atoms with Crippen LogP contribution in [0.15, 0.2) is 54.3 Å². The number of hydrogen-bond acceptors (Lipinski definition) is 3. The van der Waals surface area contributed by atoms with E-state index < -0.39 is 8.25 Å². The van der Waals surface area contributed by atoms with Crippen LogP contribution in [0.2, 0.25) is 0 Å². The molecule has 0 aliphatic heterocycles. The maximum Gasteiger partial charge on any atom is 0.319 e. The van der Waals surface area contributed by atoms with Gasteiger partial charge in [0.05, 0.1) is 13.2 Å². The molecule has 0 atom stereocenters. The summed E-state index contributed by atoms with van der Waals surface area (Å²) < 4.78 is 26.5. The summed E-state index contributed by atoms with van der Waals surface area (Å²) >= 11 is 13.9. The van der Waals surface area contributed by atoms with E-state index >= 15 is 0 Å². The SMILES string of the molecule is O=[PH](OCCCc1ccc(Br)c(Br)c1)OCCCc1ccc(Br)c(Br)c1. The van der Waals surface area contributed by atoms with Gasteiger partial charge in [0, 0.05) is 17.9 Å².